The molecule has 8 rings (SSSR count). The van der Waals surface area contributed by atoms with Crippen LogP contribution >= 0.6 is 0 Å². The Balaban J connectivity index is 1.39. The Labute approximate surface area is 270 Å². The van der Waals surface area contributed by atoms with Crippen LogP contribution in [0.25, 0.3) is 43.5 Å². The summed E-state index contributed by atoms with van der Waals surface area (Å²) in [6, 6.07) is 65.1. The molecule has 0 unspecified atom stereocenters. The van der Waals surface area contributed by atoms with E-state index in [0.717, 1.165) is 16.8 Å². The summed E-state index contributed by atoms with van der Waals surface area (Å²) in [5.41, 5.74) is 6.24. The van der Waals surface area contributed by atoms with E-state index in [2.05, 4.69) is 185 Å². The number of hydrogen-bond donors (Lipinski definition) is 0. The van der Waals surface area contributed by atoms with Crippen molar-refractivity contribution in [1.29, 1.82) is 0 Å². The fraction of sp³-hybridized carbons (Fsp3) is 0. The van der Waals surface area contributed by atoms with E-state index in [1.54, 1.807) is 0 Å². The van der Waals surface area contributed by atoms with E-state index >= 15 is 0 Å². The minimum absolute atomic E-state index is 0.648. The fourth-order valence-corrected chi connectivity index (χ4v) is 12.0. The van der Waals surface area contributed by atoms with E-state index in [4.69, 9.17) is 6.57 Å². The molecule has 0 amide bonds. The predicted molar refractivity (Wildman–Crippen MR) is 196 cm³/mol. The maximum absolute atomic E-state index is 8.19. The van der Waals surface area contributed by atoms with E-state index in [-0.39, 0.29) is 0 Å². The first kappa shape index (κ1) is 27.6. The molecule has 3 heteroatoms. The van der Waals surface area contributed by atoms with Crippen LogP contribution in [0.3, 0.4) is 0 Å². The molecule has 0 fully saturated rings. The molecule has 0 aliphatic heterocycles. The standard InChI is InChI=1S/C43H30N2Si/c1-44-34-28-33(32-16-15-17-35(29-32)45-42-26-13-11-24-40(42)41-25-12-14-27-43(41)45)30-39(31-34)46(36-18-5-2-6-19-36,37-20-7-3-8-21-37)38-22-9-4-10-23-38/h2-31H. The second kappa shape index (κ2) is 11.5. The summed E-state index contributed by atoms with van der Waals surface area (Å²) in [5, 5.41) is 7.55. The van der Waals surface area contributed by atoms with Crippen molar-refractivity contribution < 1.29 is 0 Å². The Bertz CT molecular complexity index is 2220. The molecule has 0 bridgehead atoms. The molecule has 7 aromatic carbocycles. The van der Waals surface area contributed by atoms with Crippen LogP contribution in [0, 0.1) is 6.57 Å². The topological polar surface area (TPSA) is 9.29 Å². The third-order valence-corrected chi connectivity index (χ3v) is 13.9. The maximum atomic E-state index is 8.19. The molecule has 0 saturated heterocycles. The van der Waals surface area contributed by atoms with Gasteiger partial charge in [-0.15, -0.1) is 0 Å². The van der Waals surface area contributed by atoms with Crippen LogP contribution in [0.5, 0.6) is 0 Å². The van der Waals surface area contributed by atoms with Crippen molar-refractivity contribution in [2.75, 3.05) is 0 Å². The molecule has 0 spiro atoms. The molecule has 8 aromatic rings. The highest BCUT2D eigenvalue weighted by atomic mass is 28.3. The molecule has 0 aliphatic carbocycles. The summed E-state index contributed by atoms with van der Waals surface area (Å²) in [5.74, 6) is 0. The highest BCUT2D eigenvalue weighted by Gasteiger charge is 2.41. The summed E-state index contributed by atoms with van der Waals surface area (Å²) < 4.78 is 2.35. The van der Waals surface area contributed by atoms with Gasteiger partial charge in [-0.05, 0) is 57.0 Å². The van der Waals surface area contributed by atoms with E-state index < -0.39 is 8.07 Å². The minimum Gasteiger partial charge on any atom is -0.309 e. The third-order valence-electron chi connectivity index (χ3n) is 9.12. The van der Waals surface area contributed by atoms with Crippen LogP contribution in [0.4, 0.5) is 5.69 Å². The van der Waals surface area contributed by atoms with E-state index in [1.165, 1.54) is 42.6 Å². The highest BCUT2D eigenvalue weighted by Crippen LogP contribution is 2.33. The fourth-order valence-electron chi connectivity index (χ4n) is 7.15. The molecule has 0 N–H and O–H groups in total. The molecule has 0 radical (unpaired) electrons. The van der Waals surface area contributed by atoms with E-state index in [0.29, 0.717) is 5.69 Å². The molecule has 46 heavy (non-hydrogen) atoms. The van der Waals surface area contributed by atoms with Gasteiger partial charge in [0.2, 0.25) is 0 Å². The summed E-state index contributed by atoms with van der Waals surface area (Å²) in [6.07, 6.45) is 0. The van der Waals surface area contributed by atoms with Gasteiger partial charge in [0.25, 0.3) is 0 Å². The second-order valence-corrected chi connectivity index (χ2v) is 15.5. The summed E-state index contributed by atoms with van der Waals surface area (Å²) in [4.78, 5) is 4.03. The van der Waals surface area contributed by atoms with Crippen molar-refractivity contribution >= 4 is 56.3 Å². The van der Waals surface area contributed by atoms with Crippen molar-refractivity contribution in [3.05, 3.63) is 193 Å². The molecule has 1 heterocycles. The number of nitrogens with zero attached hydrogens (tertiary/aromatic N) is 2. The Kier molecular flexibility index (Phi) is 6.91. The Morgan fingerprint density at radius 1 is 0.413 bits per heavy atom. The number of rotatable bonds is 6. The van der Waals surface area contributed by atoms with Crippen molar-refractivity contribution in [1.82, 2.24) is 4.57 Å². The first-order valence-electron chi connectivity index (χ1n) is 15.6. The molecule has 1 aromatic heterocycles. The quantitative estimate of drug-likeness (QED) is 0.103. The molecule has 2 nitrogen and oxygen atoms in total. The smallest absolute Gasteiger partial charge is 0.187 e. The Hall–Kier alpha value is -5.95. The second-order valence-electron chi connectivity index (χ2n) is 11.6. The van der Waals surface area contributed by atoms with Gasteiger partial charge in [-0.2, -0.15) is 0 Å². The predicted octanol–water partition coefficient (Wildman–Crippen LogP) is 8.38. The zero-order valence-corrected chi connectivity index (χ0v) is 26.2. The van der Waals surface area contributed by atoms with Crippen LogP contribution in [-0.4, -0.2) is 12.6 Å². The van der Waals surface area contributed by atoms with Crippen molar-refractivity contribution in [3.63, 3.8) is 0 Å². The van der Waals surface area contributed by atoms with Crippen LogP contribution in [-0.2, 0) is 0 Å². The van der Waals surface area contributed by atoms with Crippen LogP contribution in [0.2, 0.25) is 0 Å². The van der Waals surface area contributed by atoms with Gasteiger partial charge in [-0.25, -0.2) is 4.85 Å². The van der Waals surface area contributed by atoms with E-state index in [1.807, 2.05) is 6.07 Å². The van der Waals surface area contributed by atoms with E-state index in [9.17, 15) is 0 Å². The van der Waals surface area contributed by atoms with Crippen LogP contribution < -0.4 is 20.7 Å². The van der Waals surface area contributed by atoms with Gasteiger partial charge >= 0.3 is 0 Å². The van der Waals surface area contributed by atoms with Crippen molar-refractivity contribution in [3.8, 4) is 16.8 Å². The lowest BCUT2D eigenvalue weighted by Crippen LogP contribution is -2.74. The molecule has 0 atom stereocenters. The normalized spacial score (nSPS) is 11.5. The van der Waals surface area contributed by atoms with Gasteiger partial charge in [0, 0.05) is 16.5 Å². The number of fused-ring (bicyclic) bond motifs is 3. The average Bonchev–Trinajstić information content (AvgIpc) is 3.48. The Morgan fingerprint density at radius 3 is 1.43 bits per heavy atom. The van der Waals surface area contributed by atoms with Crippen molar-refractivity contribution in [2.24, 2.45) is 0 Å². The van der Waals surface area contributed by atoms with Gasteiger partial charge in [0.1, 0.15) is 0 Å². The summed E-state index contributed by atoms with van der Waals surface area (Å²) >= 11 is 0. The lowest BCUT2D eigenvalue weighted by Gasteiger charge is -2.35. The maximum Gasteiger partial charge on any atom is 0.187 e. The summed E-state index contributed by atoms with van der Waals surface area (Å²) in [7, 11) is -2.80. The van der Waals surface area contributed by atoms with Gasteiger partial charge < -0.3 is 4.57 Å². The monoisotopic (exact) mass is 602 g/mol. The number of aromatic nitrogens is 1. The number of hydrogen-bond acceptors (Lipinski definition) is 0. The first-order valence-corrected chi connectivity index (χ1v) is 17.6. The molecule has 0 saturated carbocycles. The largest absolute Gasteiger partial charge is 0.309 e. The van der Waals surface area contributed by atoms with Gasteiger partial charge in [-0.3, -0.25) is 0 Å². The van der Waals surface area contributed by atoms with Gasteiger partial charge in [-0.1, -0.05) is 157 Å². The third kappa shape index (κ3) is 4.47. The SMILES string of the molecule is [C-]#[N+]c1cc(-c2cccc(-n3c4ccccc4c4ccccc43)c2)cc([Si](c2ccccc2)(c2ccccc2)c2ccccc2)c1. The number of benzene rings is 7. The zero-order chi connectivity index (χ0) is 30.9. The lowest BCUT2D eigenvalue weighted by atomic mass is 10.0. The van der Waals surface area contributed by atoms with Gasteiger partial charge in [0.05, 0.1) is 17.6 Å². The van der Waals surface area contributed by atoms with Gasteiger partial charge in [0.15, 0.2) is 13.8 Å². The first-order chi connectivity index (χ1) is 22.8. The number of para-hydroxylation sites is 2. The highest BCUT2D eigenvalue weighted by molar-refractivity contribution is 7.20. The lowest BCUT2D eigenvalue weighted by molar-refractivity contribution is 1.18. The van der Waals surface area contributed by atoms with Crippen molar-refractivity contribution in [2.45, 2.75) is 0 Å². The molecular formula is C43H30N2Si. The zero-order valence-electron chi connectivity index (χ0n) is 25.2. The average molecular weight is 603 g/mol. The molecule has 0 aliphatic rings. The minimum atomic E-state index is -2.80. The van der Waals surface area contributed by atoms with Crippen LogP contribution in [0.15, 0.2) is 182 Å². The Morgan fingerprint density at radius 2 is 0.913 bits per heavy atom. The summed E-state index contributed by atoms with van der Waals surface area (Å²) in [6.45, 7) is 8.19. The van der Waals surface area contributed by atoms with Crippen LogP contribution in [0.1, 0.15) is 0 Å². The molecule has 216 valence electrons. The molecular weight excluding hydrogens is 573 g/mol.